The molecule has 0 saturated heterocycles. The van der Waals surface area contributed by atoms with E-state index in [1.54, 1.807) is 6.08 Å². The summed E-state index contributed by atoms with van der Waals surface area (Å²) in [5, 5.41) is 0. The van der Waals surface area contributed by atoms with Gasteiger partial charge in [-0.25, -0.2) is 0 Å². The Balaban J connectivity index is 0.000000982. The van der Waals surface area contributed by atoms with Crippen molar-refractivity contribution in [3.63, 3.8) is 0 Å². The molecule has 0 aromatic heterocycles. The zero-order valence-electron chi connectivity index (χ0n) is 12.2. The van der Waals surface area contributed by atoms with Crippen molar-refractivity contribution in [2.24, 2.45) is 0 Å². The molecule has 0 saturated carbocycles. The lowest BCUT2D eigenvalue weighted by Crippen LogP contribution is -1.99. The van der Waals surface area contributed by atoms with Gasteiger partial charge in [-0.3, -0.25) is 0 Å². The summed E-state index contributed by atoms with van der Waals surface area (Å²) in [5.74, 6) is 0.894. The highest BCUT2D eigenvalue weighted by atomic mass is 16.5. The summed E-state index contributed by atoms with van der Waals surface area (Å²) in [5.41, 5.74) is 2.19. The van der Waals surface area contributed by atoms with Crippen LogP contribution in [0.3, 0.4) is 0 Å². The second kappa shape index (κ2) is 11.1. The van der Waals surface area contributed by atoms with E-state index in [4.69, 9.17) is 4.74 Å². The molecule has 1 aromatic rings. The Bertz CT molecular complexity index is 424. The summed E-state index contributed by atoms with van der Waals surface area (Å²) in [4.78, 5) is 0. The van der Waals surface area contributed by atoms with Crippen molar-refractivity contribution in [1.82, 2.24) is 0 Å². The molecule has 19 heavy (non-hydrogen) atoms. The Hall–Kier alpha value is -2.02. The van der Waals surface area contributed by atoms with E-state index in [1.165, 1.54) is 0 Å². The third-order valence-corrected chi connectivity index (χ3v) is 2.10. The first-order valence-corrected chi connectivity index (χ1v) is 6.37. The first-order valence-electron chi connectivity index (χ1n) is 6.37. The zero-order chi connectivity index (χ0) is 14.5. The van der Waals surface area contributed by atoms with Crippen LogP contribution in [0, 0.1) is 0 Å². The molecule has 0 atom stereocenters. The highest BCUT2D eigenvalue weighted by molar-refractivity contribution is 5.27. The van der Waals surface area contributed by atoms with E-state index in [1.807, 2.05) is 69.3 Å². The minimum Gasteiger partial charge on any atom is -0.489 e. The summed E-state index contributed by atoms with van der Waals surface area (Å²) in [6, 6.07) is 9.82. The molecule has 1 rings (SSSR count). The minimum absolute atomic E-state index is 0.588. The summed E-state index contributed by atoms with van der Waals surface area (Å²) < 4.78 is 5.64. The number of allylic oxidation sites excluding steroid dienone is 4. The number of hydrogen-bond acceptors (Lipinski definition) is 1. The second-order valence-electron chi connectivity index (χ2n) is 4.05. The average Bonchev–Trinajstić information content (AvgIpc) is 2.41. The summed E-state index contributed by atoms with van der Waals surface area (Å²) >= 11 is 0. The van der Waals surface area contributed by atoms with Crippen LogP contribution in [0.4, 0.5) is 0 Å². The Morgan fingerprint density at radius 1 is 1.16 bits per heavy atom. The van der Waals surface area contributed by atoms with Crippen LogP contribution < -0.4 is 4.74 Å². The van der Waals surface area contributed by atoms with Crippen LogP contribution >= 0.6 is 0 Å². The van der Waals surface area contributed by atoms with Crippen molar-refractivity contribution < 1.29 is 4.74 Å². The maximum atomic E-state index is 5.64. The van der Waals surface area contributed by atoms with E-state index in [0.29, 0.717) is 6.61 Å². The number of ether oxygens (including phenoxy) is 1. The van der Waals surface area contributed by atoms with Crippen LogP contribution in [0.25, 0.3) is 0 Å². The van der Waals surface area contributed by atoms with Gasteiger partial charge in [-0.05, 0) is 38.5 Å². The first-order chi connectivity index (χ1) is 9.13. The third-order valence-electron chi connectivity index (χ3n) is 2.10. The van der Waals surface area contributed by atoms with Gasteiger partial charge in [0.1, 0.15) is 12.4 Å². The standard InChI is InChI=1S/C15H18O.C3H6/c1-4-14(11-10-13(2)3)12-16-15-8-6-5-7-9-15;1-3-2/h4-11H,2,12H2,1,3H3;3H,1H2,2H3/b11-10-,14-4+;. The predicted octanol–water partition coefficient (Wildman–Crippen LogP) is 5.34. The van der Waals surface area contributed by atoms with Crippen LogP contribution in [-0.4, -0.2) is 6.61 Å². The number of hydrogen-bond donors (Lipinski definition) is 0. The molecule has 0 spiro atoms. The molecule has 0 heterocycles. The Kier molecular flexibility index (Phi) is 9.91. The molecule has 1 nitrogen and oxygen atoms in total. The number of rotatable bonds is 5. The van der Waals surface area contributed by atoms with Crippen molar-refractivity contribution in [1.29, 1.82) is 0 Å². The van der Waals surface area contributed by atoms with E-state index >= 15 is 0 Å². The van der Waals surface area contributed by atoms with Crippen LogP contribution in [0.2, 0.25) is 0 Å². The van der Waals surface area contributed by atoms with Crippen LogP contribution in [0.15, 0.2) is 78.9 Å². The maximum absolute atomic E-state index is 5.64. The summed E-state index contributed by atoms with van der Waals surface area (Å²) in [6.45, 7) is 13.6. The molecule has 0 unspecified atom stereocenters. The lowest BCUT2D eigenvalue weighted by molar-refractivity contribution is 0.355. The fourth-order valence-corrected chi connectivity index (χ4v) is 1.16. The van der Waals surface area contributed by atoms with Crippen molar-refractivity contribution in [2.45, 2.75) is 20.8 Å². The van der Waals surface area contributed by atoms with Crippen molar-refractivity contribution >= 4 is 0 Å². The molecule has 1 aromatic carbocycles. The molecular weight excluding hydrogens is 232 g/mol. The Labute approximate surface area is 117 Å². The van der Waals surface area contributed by atoms with Gasteiger partial charge in [0, 0.05) is 0 Å². The van der Waals surface area contributed by atoms with Gasteiger partial charge in [-0.2, -0.15) is 0 Å². The highest BCUT2D eigenvalue weighted by Gasteiger charge is 1.94. The van der Waals surface area contributed by atoms with Gasteiger partial charge in [0.2, 0.25) is 0 Å². The van der Waals surface area contributed by atoms with Gasteiger partial charge < -0.3 is 4.74 Å². The summed E-state index contributed by atoms with van der Waals surface area (Å²) in [7, 11) is 0. The minimum atomic E-state index is 0.588. The Morgan fingerprint density at radius 2 is 1.74 bits per heavy atom. The molecule has 0 aliphatic heterocycles. The van der Waals surface area contributed by atoms with Gasteiger partial charge >= 0.3 is 0 Å². The average molecular weight is 256 g/mol. The first kappa shape index (κ1) is 17.0. The lowest BCUT2D eigenvalue weighted by Gasteiger charge is -2.06. The van der Waals surface area contributed by atoms with Crippen molar-refractivity contribution in [3.05, 3.63) is 78.9 Å². The fourth-order valence-electron chi connectivity index (χ4n) is 1.16. The van der Waals surface area contributed by atoms with Gasteiger partial charge in [-0.15, -0.1) is 6.58 Å². The van der Waals surface area contributed by atoms with Gasteiger partial charge in [0.15, 0.2) is 0 Å². The van der Waals surface area contributed by atoms with E-state index in [0.717, 1.165) is 16.9 Å². The SMILES string of the molecule is C=C(C)/C=C\C(=C/C)COc1ccccc1.C=CC. The van der Waals surface area contributed by atoms with E-state index in [2.05, 4.69) is 13.2 Å². The predicted molar refractivity (Wildman–Crippen MR) is 85.5 cm³/mol. The molecule has 1 heteroatoms. The van der Waals surface area contributed by atoms with E-state index in [-0.39, 0.29) is 0 Å². The monoisotopic (exact) mass is 256 g/mol. The topological polar surface area (TPSA) is 9.23 Å². The molecule has 0 N–H and O–H groups in total. The quantitative estimate of drug-likeness (QED) is 0.510. The number of para-hydroxylation sites is 1. The third kappa shape index (κ3) is 9.66. The Morgan fingerprint density at radius 3 is 2.21 bits per heavy atom. The molecule has 0 aliphatic rings. The van der Waals surface area contributed by atoms with Gasteiger partial charge in [-0.1, -0.05) is 54.7 Å². The maximum Gasteiger partial charge on any atom is 0.119 e. The van der Waals surface area contributed by atoms with Gasteiger partial charge in [0.05, 0.1) is 0 Å². The van der Waals surface area contributed by atoms with Crippen LogP contribution in [0.1, 0.15) is 20.8 Å². The molecule has 0 bridgehead atoms. The van der Waals surface area contributed by atoms with Crippen molar-refractivity contribution in [2.75, 3.05) is 6.61 Å². The largest absolute Gasteiger partial charge is 0.489 e. The van der Waals surface area contributed by atoms with Gasteiger partial charge in [0.25, 0.3) is 0 Å². The molecule has 102 valence electrons. The second-order valence-corrected chi connectivity index (χ2v) is 4.05. The molecule has 0 amide bonds. The lowest BCUT2D eigenvalue weighted by atomic mass is 10.2. The van der Waals surface area contributed by atoms with E-state index in [9.17, 15) is 0 Å². The smallest absolute Gasteiger partial charge is 0.119 e. The highest BCUT2D eigenvalue weighted by Crippen LogP contribution is 2.10. The fraction of sp³-hybridized carbons (Fsp3) is 0.222. The summed E-state index contributed by atoms with van der Waals surface area (Å²) in [6.07, 6.45) is 7.82. The zero-order valence-corrected chi connectivity index (χ0v) is 12.2. The molecule has 0 fully saturated rings. The van der Waals surface area contributed by atoms with Crippen LogP contribution in [-0.2, 0) is 0 Å². The van der Waals surface area contributed by atoms with Crippen LogP contribution in [0.5, 0.6) is 5.75 Å². The number of benzene rings is 1. The molecular formula is C18H24O. The van der Waals surface area contributed by atoms with Crippen molar-refractivity contribution in [3.8, 4) is 5.75 Å². The molecule has 0 radical (unpaired) electrons. The molecule has 0 aliphatic carbocycles. The normalized spacial score (nSPS) is 10.6. The van der Waals surface area contributed by atoms with E-state index < -0.39 is 0 Å².